The molecule has 0 fully saturated rings. The maximum absolute atomic E-state index is 13.5. The van der Waals surface area contributed by atoms with Gasteiger partial charge in [0, 0.05) is 10.9 Å². The molecule has 1 N–H and O–H groups in total. The molecule has 1 atom stereocenters. The lowest BCUT2D eigenvalue weighted by Crippen LogP contribution is -2.23. The molecule has 108 valence electrons. The van der Waals surface area contributed by atoms with E-state index in [2.05, 4.69) is 12.2 Å². The summed E-state index contributed by atoms with van der Waals surface area (Å²) < 4.78 is 14.3. The smallest absolute Gasteiger partial charge is 0.142 e. The number of benzene rings is 1. The van der Waals surface area contributed by atoms with Crippen LogP contribution in [0.1, 0.15) is 29.8 Å². The minimum Gasteiger partial charge on any atom is -0.309 e. The van der Waals surface area contributed by atoms with E-state index in [0.29, 0.717) is 6.42 Å². The summed E-state index contributed by atoms with van der Waals surface area (Å²) in [5.74, 6) is -0.373. The van der Waals surface area contributed by atoms with Gasteiger partial charge in [-0.3, -0.25) is 0 Å². The average molecular weight is 332 g/mol. The van der Waals surface area contributed by atoms with Crippen LogP contribution in [0.2, 0.25) is 9.36 Å². The zero-order valence-electron chi connectivity index (χ0n) is 11.1. The number of hydrogen-bond donors (Lipinski definition) is 1. The van der Waals surface area contributed by atoms with Gasteiger partial charge in [0.15, 0.2) is 0 Å². The predicted molar refractivity (Wildman–Crippen MR) is 85.5 cm³/mol. The lowest BCUT2D eigenvalue weighted by molar-refractivity contribution is 0.534. The molecule has 1 aromatic carbocycles. The largest absolute Gasteiger partial charge is 0.309 e. The van der Waals surface area contributed by atoms with Gasteiger partial charge in [0.05, 0.1) is 9.36 Å². The van der Waals surface area contributed by atoms with E-state index in [0.717, 1.165) is 22.9 Å². The number of thiophene rings is 1. The van der Waals surface area contributed by atoms with Crippen molar-refractivity contribution >= 4 is 34.5 Å². The molecule has 0 saturated heterocycles. The Balaban J connectivity index is 2.16. The maximum Gasteiger partial charge on any atom is 0.142 e. The molecule has 0 aliphatic carbocycles. The van der Waals surface area contributed by atoms with Crippen molar-refractivity contribution in [2.75, 3.05) is 6.54 Å². The van der Waals surface area contributed by atoms with E-state index in [1.54, 1.807) is 17.4 Å². The highest BCUT2D eigenvalue weighted by molar-refractivity contribution is 7.16. The van der Waals surface area contributed by atoms with Crippen LogP contribution in [0.15, 0.2) is 30.3 Å². The fourth-order valence-electron chi connectivity index (χ4n) is 2.01. The second-order valence-corrected chi connectivity index (χ2v) is 6.76. The zero-order valence-corrected chi connectivity index (χ0v) is 13.5. The molecule has 0 saturated carbocycles. The summed E-state index contributed by atoms with van der Waals surface area (Å²) in [6.45, 7) is 3.03. The van der Waals surface area contributed by atoms with Gasteiger partial charge in [-0.25, -0.2) is 4.39 Å². The van der Waals surface area contributed by atoms with Crippen LogP contribution in [0.5, 0.6) is 0 Å². The third-order valence-corrected chi connectivity index (χ3v) is 4.65. The van der Waals surface area contributed by atoms with Crippen LogP contribution in [-0.4, -0.2) is 6.54 Å². The van der Waals surface area contributed by atoms with Gasteiger partial charge < -0.3 is 5.32 Å². The maximum atomic E-state index is 13.5. The summed E-state index contributed by atoms with van der Waals surface area (Å²) in [4.78, 5) is 1.17. The predicted octanol–water partition coefficient (Wildman–Crippen LogP) is 5.48. The fourth-order valence-corrected chi connectivity index (χ4v) is 3.26. The molecular weight excluding hydrogens is 316 g/mol. The fraction of sp³-hybridized carbons (Fsp3) is 0.333. The first kappa shape index (κ1) is 15.8. The van der Waals surface area contributed by atoms with Crippen molar-refractivity contribution < 1.29 is 4.39 Å². The third kappa shape index (κ3) is 4.19. The number of halogens is 3. The van der Waals surface area contributed by atoms with E-state index in [1.165, 1.54) is 10.9 Å². The summed E-state index contributed by atoms with van der Waals surface area (Å²) >= 11 is 13.3. The van der Waals surface area contributed by atoms with Crippen LogP contribution in [0.25, 0.3) is 0 Å². The Hall–Kier alpha value is -0.610. The molecule has 2 rings (SSSR count). The Morgan fingerprint density at radius 3 is 2.65 bits per heavy atom. The average Bonchev–Trinajstić information content (AvgIpc) is 2.85. The van der Waals surface area contributed by atoms with Gasteiger partial charge in [0.1, 0.15) is 5.82 Å². The minimum absolute atomic E-state index is 0.146. The van der Waals surface area contributed by atoms with Crippen LogP contribution < -0.4 is 5.32 Å². The normalized spacial score (nSPS) is 12.6. The molecule has 0 amide bonds. The van der Waals surface area contributed by atoms with Crippen molar-refractivity contribution in [3.8, 4) is 0 Å². The highest BCUT2D eigenvalue weighted by Gasteiger charge is 2.14. The summed E-state index contributed by atoms with van der Waals surface area (Å²) in [5.41, 5.74) is 0.921. The second-order valence-electron chi connectivity index (χ2n) is 4.60. The van der Waals surface area contributed by atoms with E-state index < -0.39 is 0 Å². The molecule has 0 spiro atoms. The molecule has 0 aliphatic rings. The molecule has 5 heteroatoms. The van der Waals surface area contributed by atoms with Crippen molar-refractivity contribution in [1.29, 1.82) is 0 Å². The molecule has 0 radical (unpaired) electrons. The number of nitrogens with one attached hydrogen (secondary N) is 1. The van der Waals surface area contributed by atoms with E-state index in [4.69, 9.17) is 23.2 Å². The molecule has 1 unspecified atom stereocenters. The molecular formula is C15H16Cl2FNS. The van der Waals surface area contributed by atoms with Crippen LogP contribution >= 0.6 is 34.5 Å². The Morgan fingerprint density at radius 2 is 2.05 bits per heavy atom. The highest BCUT2D eigenvalue weighted by atomic mass is 35.5. The van der Waals surface area contributed by atoms with Crippen LogP contribution in [-0.2, 0) is 6.42 Å². The Morgan fingerprint density at radius 1 is 1.25 bits per heavy atom. The van der Waals surface area contributed by atoms with Crippen molar-refractivity contribution in [3.05, 3.63) is 55.9 Å². The second kappa shape index (κ2) is 7.41. The van der Waals surface area contributed by atoms with E-state index in [-0.39, 0.29) is 16.9 Å². The quantitative estimate of drug-likeness (QED) is 0.739. The molecule has 0 aliphatic heterocycles. The summed E-state index contributed by atoms with van der Waals surface area (Å²) in [5, 5.41) is 3.64. The minimum atomic E-state index is -0.373. The van der Waals surface area contributed by atoms with Crippen LogP contribution in [0.4, 0.5) is 4.39 Å². The van der Waals surface area contributed by atoms with Gasteiger partial charge in [-0.2, -0.15) is 0 Å². The van der Waals surface area contributed by atoms with Gasteiger partial charge in [-0.05, 0) is 49.2 Å². The first-order valence-corrected chi connectivity index (χ1v) is 8.10. The first-order valence-electron chi connectivity index (χ1n) is 6.52. The monoisotopic (exact) mass is 331 g/mol. The lowest BCUT2D eigenvalue weighted by atomic mass is 10.0. The SMILES string of the molecule is CCCNC(Cc1ccc(Cl)c(F)c1)c1ccc(Cl)s1. The number of hydrogen-bond acceptors (Lipinski definition) is 2. The molecule has 1 nitrogen and oxygen atoms in total. The summed E-state index contributed by atoms with van der Waals surface area (Å²) in [6.07, 6.45) is 1.76. The van der Waals surface area contributed by atoms with E-state index in [9.17, 15) is 4.39 Å². The van der Waals surface area contributed by atoms with Gasteiger partial charge in [-0.1, -0.05) is 36.2 Å². The Kier molecular flexibility index (Phi) is 5.85. The Bertz CT molecular complexity index is 571. The molecule has 1 aromatic heterocycles. The molecule has 20 heavy (non-hydrogen) atoms. The van der Waals surface area contributed by atoms with Gasteiger partial charge in [-0.15, -0.1) is 11.3 Å². The van der Waals surface area contributed by atoms with Gasteiger partial charge >= 0.3 is 0 Å². The highest BCUT2D eigenvalue weighted by Crippen LogP contribution is 2.29. The topological polar surface area (TPSA) is 12.0 Å². The molecule has 2 aromatic rings. The molecule has 1 heterocycles. The number of rotatable bonds is 6. The first-order chi connectivity index (χ1) is 9.60. The molecule has 0 bridgehead atoms. The summed E-state index contributed by atoms with van der Waals surface area (Å²) in [6, 6.07) is 9.02. The van der Waals surface area contributed by atoms with Crippen molar-refractivity contribution in [3.63, 3.8) is 0 Å². The van der Waals surface area contributed by atoms with Crippen molar-refractivity contribution in [2.45, 2.75) is 25.8 Å². The lowest BCUT2D eigenvalue weighted by Gasteiger charge is -2.17. The van der Waals surface area contributed by atoms with Crippen molar-refractivity contribution in [1.82, 2.24) is 5.32 Å². The third-order valence-electron chi connectivity index (χ3n) is 3.00. The van der Waals surface area contributed by atoms with Crippen LogP contribution in [0, 0.1) is 5.82 Å². The zero-order chi connectivity index (χ0) is 14.5. The summed E-state index contributed by atoms with van der Waals surface area (Å²) in [7, 11) is 0. The van der Waals surface area contributed by atoms with E-state index in [1.807, 2.05) is 18.2 Å². The van der Waals surface area contributed by atoms with Gasteiger partial charge in [0.2, 0.25) is 0 Å². The standard InChI is InChI=1S/C15H16Cl2FNS/c1-2-7-19-13(14-5-6-15(17)20-14)9-10-3-4-11(16)12(18)8-10/h3-6,8,13,19H,2,7,9H2,1H3. The van der Waals surface area contributed by atoms with Crippen molar-refractivity contribution in [2.24, 2.45) is 0 Å². The van der Waals surface area contributed by atoms with Gasteiger partial charge in [0.25, 0.3) is 0 Å². The van der Waals surface area contributed by atoms with Crippen LogP contribution in [0.3, 0.4) is 0 Å². The Labute approximate surface area is 132 Å². The van der Waals surface area contributed by atoms with E-state index >= 15 is 0 Å².